The second kappa shape index (κ2) is 3.44. The Kier molecular flexibility index (Phi) is 2.32. The van der Waals surface area contributed by atoms with Gasteiger partial charge in [-0.15, -0.1) is 11.8 Å². The normalized spacial score (nSPS) is 24.7. The van der Waals surface area contributed by atoms with Gasteiger partial charge in [-0.2, -0.15) is 0 Å². The van der Waals surface area contributed by atoms with Crippen molar-refractivity contribution in [3.05, 3.63) is 11.6 Å². The third-order valence-corrected chi connectivity index (χ3v) is 3.20. The van der Waals surface area contributed by atoms with Gasteiger partial charge in [-0.3, -0.25) is 4.99 Å². The Morgan fingerprint density at radius 3 is 3.00 bits per heavy atom. The third kappa shape index (κ3) is 1.67. The van der Waals surface area contributed by atoms with Crippen molar-refractivity contribution in [2.45, 2.75) is 25.7 Å². The van der Waals surface area contributed by atoms with Crippen LogP contribution in [0, 0.1) is 0 Å². The molecule has 0 atom stereocenters. The molecule has 0 unspecified atom stereocenters. The highest BCUT2D eigenvalue weighted by molar-refractivity contribution is 8.14. The molecule has 11 heavy (non-hydrogen) atoms. The third-order valence-electron chi connectivity index (χ3n) is 2.15. The summed E-state index contributed by atoms with van der Waals surface area (Å²) in [6.07, 6.45) is 7.66. The Hall–Kier alpha value is -0.240. The topological polar surface area (TPSA) is 12.4 Å². The van der Waals surface area contributed by atoms with Crippen molar-refractivity contribution in [1.82, 2.24) is 0 Å². The fraction of sp³-hybridized carbons (Fsp3) is 0.667. The van der Waals surface area contributed by atoms with Crippen molar-refractivity contribution in [3.63, 3.8) is 0 Å². The number of thioether (sulfide) groups is 1. The lowest BCUT2D eigenvalue weighted by Crippen LogP contribution is -1.99. The van der Waals surface area contributed by atoms with Gasteiger partial charge in [0.2, 0.25) is 0 Å². The molecule has 60 valence electrons. The van der Waals surface area contributed by atoms with Crippen molar-refractivity contribution in [2.75, 3.05) is 12.3 Å². The van der Waals surface area contributed by atoms with Crippen LogP contribution in [0.5, 0.6) is 0 Å². The van der Waals surface area contributed by atoms with Gasteiger partial charge in [-0.25, -0.2) is 0 Å². The monoisotopic (exact) mass is 167 g/mol. The zero-order chi connectivity index (χ0) is 7.52. The van der Waals surface area contributed by atoms with Crippen LogP contribution in [-0.4, -0.2) is 17.3 Å². The van der Waals surface area contributed by atoms with Crippen molar-refractivity contribution < 1.29 is 0 Å². The molecule has 0 fully saturated rings. The molecular formula is C9H13NS. The number of rotatable bonds is 1. The lowest BCUT2D eigenvalue weighted by Gasteiger charge is -2.11. The van der Waals surface area contributed by atoms with Gasteiger partial charge in [-0.1, -0.05) is 6.08 Å². The first-order valence-corrected chi connectivity index (χ1v) is 5.32. The quantitative estimate of drug-likeness (QED) is 0.585. The highest BCUT2D eigenvalue weighted by Crippen LogP contribution is 2.26. The van der Waals surface area contributed by atoms with E-state index in [9.17, 15) is 0 Å². The molecule has 1 nitrogen and oxygen atoms in total. The zero-order valence-electron chi connectivity index (χ0n) is 6.68. The van der Waals surface area contributed by atoms with Crippen molar-refractivity contribution in [2.24, 2.45) is 4.99 Å². The summed E-state index contributed by atoms with van der Waals surface area (Å²) < 4.78 is 0. The Bertz CT molecular complexity index is 206. The summed E-state index contributed by atoms with van der Waals surface area (Å²) in [7, 11) is 0. The van der Waals surface area contributed by atoms with E-state index in [-0.39, 0.29) is 0 Å². The van der Waals surface area contributed by atoms with Crippen LogP contribution in [0.2, 0.25) is 0 Å². The molecule has 0 radical (unpaired) electrons. The van der Waals surface area contributed by atoms with Crippen molar-refractivity contribution in [3.8, 4) is 0 Å². The average Bonchev–Trinajstić information content (AvgIpc) is 2.58. The molecule has 1 heterocycles. The van der Waals surface area contributed by atoms with Crippen LogP contribution >= 0.6 is 11.8 Å². The molecule has 0 N–H and O–H groups in total. The summed E-state index contributed by atoms with van der Waals surface area (Å²) in [6, 6.07) is 0. The highest BCUT2D eigenvalue weighted by Gasteiger charge is 2.13. The van der Waals surface area contributed by atoms with Gasteiger partial charge in [0.1, 0.15) is 0 Å². The molecule has 1 aliphatic heterocycles. The van der Waals surface area contributed by atoms with E-state index in [2.05, 4.69) is 11.1 Å². The lowest BCUT2D eigenvalue weighted by atomic mass is 10.0. The lowest BCUT2D eigenvalue weighted by molar-refractivity contribution is 0.718. The Labute approximate surface area is 72.0 Å². The Balaban J connectivity index is 2.07. The highest BCUT2D eigenvalue weighted by atomic mass is 32.2. The zero-order valence-corrected chi connectivity index (χ0v) is 7.49. The number of nitrogens with zero attached hydrogens (tertiary/aromatic N) is 1. The van der Waals surface area contributed by atoms with E-state index >= 15 is 0 Å². The van der Waals surface area contributed by atoms with Gasteiger partial charge >= 0.3 is 0 Å². The van der Waals surface area contributed by atoms with Gasteiger partial charge in [-0.05, 0) is 31.3 Å². The molecule has 2 aliphatic rings. The molecule has 2 heteroatoms. The second-order valence-electron chi connectivity index (χ2n) is 3.01. The molecule has 0 aromatic heterocycles. The van der Waals surface area contributed by atoms with Crippen LogP contribution in [0.15, 0.2) is 16.6 Å². The number of hydrogen-bond acceptors (Lipinski definition) is 2. The average molecular weight is 167 g/mol. The minimum atomic E-state index is 1.04. The summed E-state index contributed by atoms with van der Waals surface area (Å²) in [5.41, 5.74) is 1.53. The van der Waals surface area contributed by atoms with Gasteiger partial charge in [0, 0.05) is 12.3 Å². The van der Waals surface area contributed by atoms with Gasteiger partial charge in [0.05, 0.1) is 5.04 Å². The van der Waals surface area contributed by atoms with E-state index in [0.717, 1.165) is 6.54 Å². The molecule has 0 aromatic rings. The number of allylic oxidation sites excluding steroid dienone is 1. The van der Waals surface area contributed by atoms with E-state index in [0.29, 0.717) is 0 Å². The van der Waals surface area contributed by atoms with Crippen LogP contribution in [0.1, 0.15) is 25.7 Å². The standard InChI is InChI=1S/C9H13NS/c1-2-4-8(5-3-1)9-10-6-7-11-9/h4H,1-3,5-7H2. The molecular weight excluding hydrogens is 154 g/mol. The maximum Gasteiger partial charge on any atom is 0.0934 e. The smallest absolute Gasteiger partial charge is 0.0934 e. The van der Waals surface area contributed by atoms with E-state index in [4.69, 9.17) is 0 Å². The molecule has 0 aromatic carbocycles. The predicted molar refractivity (Wildman–Crippen MR) is 51.3 cm³/mol. The van der Waals surface area contributed by atoms with Gasteiger partial charge in [0.15, 0.2) is 0 Å². The fourth-order valence-corrected chi connectivity index (χ4v) is 2.49. The van der Waals surface area contributed by atoms with Crippen LogP contribution < -0.4 is 0 Å². The second-order valence-corrected chi connectivity index (χ2v) is 4.09. The maximum absolute atomic E-state index is 4.47. The molecule has 0 spiro atoms. The summed E-state index contributed by atoms with van der Waals surface area (Å²) in [5, 5.41) is 1.34. The maximum atomic E-state index is 4.47. The first-order valence-electron chi connectivity index (χ1n) is 4.33. The number of aliphatic imine (C=N–C) groups is 1. The summed E-state index contributed by atoms with van der Waals surface area (Å²) in [5.74, 6) is 1.20. The largest absolute Gasteiger partial charge is 0.277 e. The first-order chi connectivity index (χ1) is 5.47. The molecule has 0 amide bonds. The predicted octanol–water partition coefficient (Wildman–Crippen LogP) is 2.63. The van der Waals surface area contributed by atoms with Crippen LogP contribution in [0.25, 0.3) is 0 Å². The van der Waals surface area contributed by atoms with E-state index in [1.807, 2.05) is 11.8 Å². The SMILES string of the molecule is C1=C(C2=NCCS2)CCCC1. The van der Waals surface area contributed by atoms with Crippen molar-refractivity contribution in [1.29, 1.82) is 0 Å². The van der Waals surface area contributed by atoms with Crippen LogP contribution in [-0.2, 0) is 0 Å². The Morgan fingerprint density at radius 2 is 2.36 bits per heavy atom. The molecule has 0 bridgehead atoms. The molecule has 2 rings (SSSR count). The van der Waals surface area contributed by atoms with Gasteiger partial charge in [0.25, 0.3) is 0 Å². The first kappa shape index (κ1) is 7.41. The van der Waals surface area contributed by atoms with Crippen molar-refractivity contribution >= 4 is 16.8 Å². The molecule has 0 saturated heterocycles. The molecule has 1 aliphatic carbocycles. The molecule has 0 saturated carbocycles. The minimum absolute atomic E-state index is 1.04. The van der Waals surface area contributed by atoms with Crippen LogP contribution in [0.3, 0.4) is 0 Å². The van der Waals surface area contributed by atoms with E-state index in [1.165, 1.54) is 42.1 Å². The van der Waals surface area contributed by atoms with E-state index in [1.54, 1.807) is 0 Å². The summed E-state index contributed by atoms with van der Waals surface area (Å²) >= 11 is 1.93. The minimum Gasteiger partial charge on any atom is -0.277 e. The Morgan fingerprint density at radius 1 is 1.36 bits per heavy atom. The van der Waals surface area contributed by atoms with Gasteiger partial charge < -0.3 is 0 Å². The summed E-state index contributed by atoms with van der Waals surface area (Å²) in [6.45, 7) is 1.04. The van der Waals surface area contributed by atoms with E-state index < -0.39 is 0 Å². The number of hydrogen-bond donors (Lipinski definition) is 0. The fourth-order valence-electron chi connectivity index (χ4n) is 1.56. The van der Waals surface area contributed by atoms with Crippen LogP contribution in [0.4, 0.5) is 0 Å². The summed E-state index contributed by atoms with van der Waals surface area (Å²) in [4.78, 5) is 4.47.